The summed E-state index contributed by atoms with van der Waals surface area (Å²) in [5.74, 6) is 1.42. The first-order chi connectivity index (χ1) is 7.81. The lowest BCUT2D eigenvalue weighted by molar-refractivity contribution is 0.408. The zero-order chi connectivity index (χ0) is 11.4. The van der Waals surface area contributed by atoms with Gasteiger partial charge in [-0.15, -0.1) is 0 Å². The Morgan fingerprint density at radius 3 is 2.75 bits per heavy atom. The summed E-state index contributed by atoms with van der Waals surface area (Å²) in [4.78, 5) is 4.05. The van der Waals surface area contributed by atoms with Gasteiger partial charge in [-0.3, -0.25) is 0 Å². The summed E-state index contributed by atoms with van der Waals surface area (Å²) in [6.45, 7) is 0.450. The first kappa shape index (κ1) is 10.9. The highest BCUT2D eigenvalue weighted by atomic mass is 32.1. The SMILES string of the molecule is COc1cc(CN)cc(Oc2nccs2)c1. The third kappa shape index (κ3) is 2.50. The Bertz CT molecular complexity index is 435. The maximum atomic E-state index is 5.59. The molecule has 2 N–H and O–H groups in total. The molecule has 1 aromatic heterocycles. The molecule has 0 aliphatic rings. The van der Waals surface area contributed by atoms with E-state index in [4.69, 9.17) is 15.2 Å². The van der Waals surface area contributed by atoms with Crippen molar-refractivity contribution in [3.63, 3.8) is 0 Å². The largest absolute Gasteiger partial charge is 0.497 e. The van der Waals surface area contributed by atoms with Crippen LogP contribution in [0.2, 0.25) is 0 Å². The molecule has 1 aromatic carbocycles. The van der Waals surface area contributed by atoms with Crippen molar-refractivity contribution < 1.29 is 9.47 Å². The van der Waals surface area contributed by atoms with Crippen LogP contribution in [0.3, 0.4) is 0 Å². The third-order valence-electron chi connectivity index (χ3n) is 2.03. The molecular formula is C11H12N2O2S. The molecule has 5 heteroatoms. The second kappa shape index (κ2) is 4.96. The Balaban J connectivity index is 2.26. The van der Waals surface area contributed by atoms with Crippen LogP contribution in [-0.2, 0) is 6.54 Å². The molecule has 2 aromatic rings. The third-order valence-corrected chi connectivity index (χ3v) is 2.67. The van der Waals surface area contributed by atoms with Crippen LogP contribution in [-0.4, -0.2) is 12.1 Å². The quantitative estimate of drug-likeness (QED) is 0.885. The molecule has 0 amide bonds. The summed E-state index contributed by atoms with van der Waals surface area (Å²) in [5, 5.41) is 2.47. The predicted molar refractivity (Wildman–Crippen MR) is 63.1 cm³/mol. The molecule has 0 radical (unpaired) electrons. The summed E-state index contributed by atoms with van der Waals surface area (Å²) >= 11 is 1.44. The fraction of sp³-hybridized carbons (Fsp3) is 0.182. The molecule has 0 spiro atoms. The average molecular weight is 236 g/mol. The van der Waals surface area contributed by atoms with E-state index >= 15 is 0 Å². The number of ether oxygens (including phenoxy) is 2. The highest BCUT2D eigenvalue weighted by molar-refractivity contribution is 7.11. The number of hydrogen-bond acceptors (Lipinski definition) is 5. The van der Waals surface area contributed by atoms with Gasteiger partial charge in [0.25, 0.3) is 5.19 Å². The number of thiazole rings is 1. The number of aromatic nitrogens is 1. The van der Waals surface area contributed by atoms with Gasteiger partial charge in [0.05, 0.1) is 7.11 Å². The first-order valence-corrected chi connectivity index (χ1v) is 5.65. The molecule has 1 heterocycles. The molecule has 0 bridgehead atoms. The maximum Gasteiger partial charge on any atom is 0.278 e. The van der Waals surface area contributed by atoms with Gasteiger partial charge in [0.1, 0.15) is 11.5 Å². The molecule has 0 saturated carbocycles. The van der Waals surface area contributed by atoms with E-state index in [-0.39, 0.29) is 0 Å². The second-order valence-electron chi connectivity index (χ2n) is 3.12. The molecule has 0 aliphatic carbocycles. The summed E-state index contributed by atoms with van der Waals surface area (Å²) in [7, 11) is 1.61. The van der Waals surface area contributed by atoms with E-state index in [0.29, 0.717) is 17.5 Å². The average Bonchev–Trinajstić information content (AvgIpc) is 2.81. The molecule has 0 saturated heterocycles. The van der Waals surface area contributed by atoms with Crippen LogP contribution >= 0.6 is 11.3 Å². The van der Waals surface area contributed by atoms with E-state index in [1.165, 1.54) is 11.3 Å². The molecule has 16 heavy (non-hydrogen) atoms. The van der Waals surface area contributed by atoms with E-state index in [1.54, 1.807) is 19.4 Å². The number of nitrogens with two attached hydrogens (primary N) is 1. The van der Waals surface area contributed by atoms with Crippen LogP contribution < -0.4 is 15.2 Å². The minimum atomic E-state index is 0.450. The van der Waals surface area contributed by atoms with E-state index in [0.717, 1.165) is 11.3 Å². The first-order valence-electron chi connectivity index (χ1n) is 4.77. The van der Waals surface area contributed by atoms with Gasteiger partial charge in [0.2, 0.25) is 0 Å². The van der Waals surface area contributed by atoms with Gasteiger partial charge in [-0.1, -0.05) is 11.3 Å². The molecule has 0 unspecified atom stereocenters. The highest BCUT2D eigenvalue weighted by Gasteiger charge is 2.04. The normalized spacial score (nSPS) is 10.1. The monoisotopic (exact) mass is 236 g/mol. The topological polar surface area (TPSA) is 57.4 Å². The van der Waals surface area contributed by atoms with Crippen molar-refractivity contribution >= 4 is 11.3 Å². The van der Waals surface area contributed by atoms with Gasteiger partial charge in [0, 0.05) is 24.2 Å². The van der Waals surface area contributed by atoms with Crippen molar-refractivity contribution in [1.82, 2.24) is 4.98 Å². The Hall–Kier alpha value is -1.59. The summed E-state index contributed by atoms with van der Waals surface area (Å²) in [5.41, 5.74) is 6.56. The summed E-state index contributed by atoms with van der Waals surface area (Å²) < 4.78 is 10.7. The molecule has 2 rings (SSSR count). The van der Waals surface area contributed by atoms with Crippen LogP contribution in [0.4, 0.5) is 0 Å². The lowest BCUT2D eigenvalue weighted by Crippen LogP contribution is -1.97. The Labute approximate surface area is 97.6 Å². The zero-order valence-electron chi connectivity index (χ0n) is 8.84. The Morgan fingerprint density at radius 2 is 2.12 bits per heavy atom. The van der Waals surface area contributed by atoms with E-state index in [9.17, 15) is 0 Å². The molecule has 0 aliphatic heterocycles. The van der Waals surface area contributed by atoms with Gasteiger partial charge in [-0.2, -0.15) is 0 Å². The van der Waals surface area contributed by atoms with Crippen LogP contribution in [0.1, 0.15) is 5.56 Å². The lowest BCUT2D eigenvalue weighted by Gasteiger charge is -2.07. The Kier molecular flexibility index (Phi) is 3.38. The predicted octanol–water partition coefficient (Wildman–Crippen LogP) is 2.40. The van der Waals surface area contributed by atoms with Crippen molar-refractivity contribution in [3.05, 3.63) is 35.3 Å². The number of hydrogen-bond donors (Lipinski definition) is 1. The smallest absolute Gasteiger partial charge is 0.278 e. The number of nitrogens with zero attached hydrogens (tertiary/aromatic N) is 1. The van der Waals surface area contributed by atoms with Gasteiger partial charge in [0.15, 0.2) is 0 Å². The van der Waals surface area contributed by atoms with Crippen molar-refractivity contribution in [2.75, 3.05) is 7.11 Å². The standard InChI is InChI=1S/C11H12N2O2S/c1-14-9-4-8(7-12)5-10(6-9)15-11-13-2-3-16-11/h2-6H,7,12H2,1H3. The van der Waals surface area contributed by atoms with Crippen molar-refractivity contribution in [1.29, 1.82) is 0 Å². The fourth-order valence-electron chi connectivity index (χ4n) is 1.29. The maximum absolute atomic E-state index is 5.59. The molecular weight excluding hydrogens is 224 g/mol. The van der Waals surface area contributed by atoms with Gasteiger partial charge in [-0.05, 0) is 17.7 Å². The van der Waals surface area contributed by atoms with Crippen molar-refractivity contribution in [3.8, 4) is 16.7 Å². The van der Waals surface area contributed by atoms with E-state index in [2.05, 4.69) is 4.98 Å². The minimum absolute atomic E-state index is 0.450. The highest BCUT2D eigenvalue weighted by Crippen LogP contribution is 2.28. The van der Waals surface area contributed by atoms with Gasteiger partial charge < -0.3 is 15.2 Å². The molecule has 4 nitrogen and oxygen atoms in total. The lowest BCUT2D eigenvalue weighted by atomic mass is 10.2. The summed E-state index contributed by atoms with van der Waals surface area (Å²) in [6.07, 6.45) is 1.70. The second-order valence-corrected chi connectivity index (χ2v) is 3.98. The molecule has 84 valence electrons. The molecule has 0 fully saturated rings. The number of rotatable bonds is 4. The fourth-order valence-corrected chi connectivity index (χ4v) is 1.79. The minimum Gasteiger partial charge on any atom is -0.497 e. The van der Waals surface area contributed by atoms with Gasteiger partial charge in [-0.25, -0.2) is 4.98 Å². The van der Waals surface area contributed by atoms with Gasteiger partial charge >= 0.3 is 0 Å². The van der Waals surface area contributed by atoms with Crippen molar-refractivity contribution in [2.45, 2.75) is 6.54 Å². The zero-order valence-corrected chi connectivity index (χ0v) is 9.66. The molecule has 0 atom stereocenters. The number of benzene rings is 1. The van der Waals surface area contributed by atoms with Crippen LogP contribution in [0.25, 0.3) is 0 Å². The van der Waals surface area contributed by atoms with Crippen LogP contribution in [0.5, 0.6) is 16.7 Å². The van der Waals surface area contributed by atoms with E-state index < -0.39 is 0 Å². The summed E-state index contributed by atoms with van der Waals surface area (Å²) in [6, 6.07) is 5.57. The van der Waals surface area contributed by atoms with Crippen LogP contribution in [0, 0.1) is 0 Å². The number of methoxy groups -OCH3 is 1. The van der Waals surface area contributed by atoms with Crippen molar-refractivity contribution in [2.24, 2.45) is 5.73 Å². The van der Waals surface area contributed by atoms with Crippen LogP contribution in [0.15, 0.2) is 29.8 Å². The van der Waals surface area contributed by atoms with E-state index in [1.807, 2.05) is 17.5 Å². The Morgan fingerprint density at radius 1 is 1.31 bits per heavy atom.